The molecule has 2 fully saturated rings. The minimum atomic E-state index is -0.563. The zero-order valence-electron chi connectivity index (χ0n) is 11.5. The number of likely N-dealkylation sites (tertiary alicyclic amines) is 1. The normalized spacial score (nSPS) is 31.2. The first kappa shape index (κ1) is 14.3. The third kappa shape index (κ3) is 2.90. The molecule has 2 unspecified atom stereocenters. The van der Waals surface area contributed by atoms with Crippen molar-refractivity contribution >= 4 is 11.9 Å². The molecule has 6 heteroatoms. The van der Waals surface area contributed by atoms with Crippen molar-refractivity contribution < 1.29 is 19.4 Å². The van der Waals surface area contributed by atoms with Gasteiger partial charge in [0.25, 0.3) is 0 Å². The Kier molecular flexibility index (Phi) is 4.42. The molecule has 0 spiro atoms. The van der Waals surface area contributed by atoms with Crippen molar-refractivity contribution in [2.45, 2.75) is 43.8 Å². The Morgan fingerprint density at radius 3 is 2.74 bits per heavy atom. The highest BCUT2D eigenvalue weighted by atomic mass is 16.5. The summed E-state index contributed by atoms with van der Waals surface area (Å²) in [5.74, 6) is -0.106. The number of methoxy groups -OCH3 is 1. The van der Waals surface area contributed by atoms with Crippen LogP contribution in [0.3, 0.4) is 0 Å². The molecule has 1 saturated heterocycles. The Morgan fingerprint density at radius 1 is 1.47 bits per heavy atom. The third-order valence-electron chi connectivity index (χ3n) is 4.38. The molecule has 1 heterocycles. The maximum Gasteiger partial charge on any atom is 0.307 e. The van der Waals surface area contributed by atoms with E-state index in [-0.39, 0.29) is 25.0 Å². The van der Waals surface area contributed by atoms with Crippen LogP contribution in [0, 0.1) is 5.92 Å². The standard InChI is InChI=1S/C13H22N2O4/c1-15-10-4-3-8(5-10)12(15)13(18)14-9(7-16)6-11(17)19-2/h8-10,12,16H,3-7H2,1-2H3,(H,14,18)/t8-,9?,10+,12?/m0/s1. The summed E-state index contributed by atoms with van der Waals surface area (Å²) in [7, 11) is 3.27. The highest BCUT2D eigenvalue weighted by Crippen LogP contribution is 2.41. The van der Waals surface area contributed by atoms with E-state index in [1.54, 1.807) is 0 Å². The highest BCUT2D eigenvalue weighted by molar-refractivity contribution is 5.83. The lowest BCUT2D eigenvalue weighted by atomic mass is 9.98. The van der Waals surface area contributed by atoms with E-state index >= 15 is 0 Å². The molecule has 108 valence electrons. The maximum absolute atomic E-state index is 12.3. The highest BCUT2D eigenvalue weighted by Gasteiger charge is 2.47. The molecule has 1 saturated carbocycles. The van der Waals surface area contributed by atoms with Gasteiger partial charge in [0.05, 0.1) is 32.2 Å². The molecular weight excluding hydrogens is 248 g/mol. The number of hydrogen-bond donors (Lipinski definition) is 2. The van der Waals surface area contributed by atoms with Gasteiger partial charge in [0, 0.05) is 6.04 Å². The van der Waals surface area contributed by atoms with Crippen LogP contribution in [0.4, 0.5) is 0 Å². The molecule has 19 heavy (non-hydrogen) atoms. The average Bonchev–Trinajstić information content (AvgIpc) is 2.98. The van der Waals surface area contributed by atoms with E-state index < -0.39 is 12.0 Å². The first-order chi connectivity index (χ1) is 9.06. The molecule has 1 aliphatic carbocycles. The summed E-state index contributed by atoms with van der Waals surface area (Å²) in [6, 6.07) is -0.174. The minimum Gasteiger partial charge on any atom is -0.469 e. The number of ether oxygens (including phenoxy) is 1. The number of piperidine rings is 1. The van der Waals surface area contributed by atoms with Crippen LogP contribution in [0.1, 0.15) is 25.7 Å². The molecule has 1 aliphatic heterocycles. The number of nitrogens with one attached hydrogen (secondary N) is 1. The molecule has 4 atom stereocenters. The first-order valence-electron chi connectivity index (χ1n) is 6.76. The summed E-state index contributed by atoms with van der Waals surface area (Å²) in [6.07, 6.45) is 3.34. The fourth-order valence-electron chi connectivity index (χ4n) is 3.34. The van der Waals surface area contributed by atoms with Crippen molar-refractivity contribution in [1.82, 2.24) is 10.2 Å². The molecule has 2 aliphatic rings. The molecule has 2 N–H and O–H groups in total. The molecule has 6 nitrogen and oxygen atoms in total. The van der Waals surface area contributed by atoms with Crippen molar-refractivity contribution in [2.24, 2.45) is 5.92 Å². The van der Waals surface area contributed by atoms with Gasteiger partial charge in [0.15, 0.2) is 0 Å². The second kappa shape index (κ2) is 5.88. The molecule has 0 radical (unpaired) electrons. The Balaban J connectivity index is 1.91. The van der Waals surface area contributed by atoms with E-state index in [1.165, 1.54) is 7.11 Å². The van der Waals surface area contributed by atoms with Crippen LogP contribution in [0.25, 0.3) is 0 Å². The first-order valence-corrected chi connectivity index (χ1v) is 6.76. The zero-order valence-corrected chi connectivity index (χ0v) is 11.5. The summed E-state index contributed by atoms with van der Waals surface area (Å²) in [6.45, 7) is -0.259. The number of carbonyl (C=O) groups is 2. The van der Waals surface area contributed by atoms with Crippen molar-refractivity contribution in [1.29, 1.82) is 0 Å². The van der Waals surface area contributed by atoms with Gasteiger partial charge >= 0.3 is 5.97 Å². The Morgan fingerprint density at radius 2 is 2.21 bits per heavy atom. The van der Waals surface area contributed by atoms with Gasteiger partial charge in [-0.25, -0.2) is 0 Å². The quantitative estimate of drug-likeness (QED) is 0.659. The van der Waals surface area contributed by atoms with Gasteiger partial charge in [0.2, 0.25) is 5.91 Å². The zero-order chi connectivity index (χ0) is 14.0. The van der Waals surface area contributed by atoms with Crippen LogP contribution in [-0.4, -0.2) is 60.8 Å². The van der Waals surface area contributed by atoms with Crippen molar-refractivity contribution in [3.05, 3.63) is 0 Å². The Hall–Kier alpha value is -1.14. The van der Waals surface area contributed by atoms with Crippen LogP contribution < -0.4 is 5.32 Å². The number of likely N-dealkylation sites (N-methyl/N-ethyl adjacent to an activating group) is 1. The van der Waals surface area contributed by atoms with Crippen molar-refractivity contribution in [3.8, 4) is 0 Å². The van der Waals surface area contributed by atoms with Crippen molar-refractivity contribution in [3.63, 3.8) is 0 Å². The second-order valence-corrected chi connectivity index (χ2v) is 5.51. The monoisotopic (exact) mass is 270 g/mol. The predicted molar refractivity (Wildman–Crippen MR) is 68.3 cm³/mol. The van der Waals surface area contributed by atoms with E-state index in [4.69, 9.17) is 0 Å². The van der Waals surface area contributed by atoms with E-state index in [1.807, 2.05) is 7.05 Å². The summed E-state index contributed by atoms with van der Waals surface area (Å²) in [4.78, 5) is 25.6. The molecule has 0 aromatic carbocycles. The van der Waals surface area contributed by atoms with Crippen LogP contribution in [0.5, 0.6) is 0 Å². The van der Waals surface area contributed by atoms with Gasteiger partial charge in [-0.05, 0) is 32.2 Å². The van der Waals surface area contributed by atoms with Gasteiger partial charge in [-0.15, -0.1) is 0 Å². The van der Waals surface area contributed by atoms with E-state index in [0.29, 0.717) is 12.0 Å². The number of fused-ring (bicyclic) bond motifs is 2. The van der Waals surface area contributed by atoms with Crippen molar-refractivity contribution in [2.75, 3.05) is 20.8 Å². The molecular formula is C13H22N2O4. The lowest BCUT2D eigenvalue weighted by molar-refractivity contribution is -0.141. The molecule has 1 amide bonds. The fourth-order valence-corrected chi connectivity index (χ4v) is 3.34. The average molecular weight is 270 g/mol. The summed E-state index contributed by atoms with van der Waals surface area (Å²) >= 11 is 0. The lowest BCUT2D eigenvalue weighted by Crippen LogP contribution is -2.52. The van der Waals surface area contributed by atoms with Crippen LogP contribution >= 0.6 is 0 Å². The lowest BCUT2D eigenvalue weighted by Gasteiger charge is -2.31. The number of carbonyl (C=O) groups excluding carboxylic acids is 2. The largest absolute Gasteiger partial charge is 0.469 e. The summed E-state index contributed by atoms with van der Waals surface area (Å²) in [5.41, 5.74) is 0. The summed E-state index contributed by atoms with van der Waals surface area (Å²) in [5, 5.41) is 12.0. The number of hydrogen-bond acceptors (Lipinski definition) is 5. The Labute approximate surface area is 113 Å². The van der Waals surface area contributed by atoms with Gasteiger partial charge < -0.3 is 15.2 Å². The predicted octanol–water partition coefficient (Wildman–Crippen LogP) is -0.491. The Bertz CT molecular complexity index is 359. The molecule has 2 bridgehead atoms. The number of amides is 1. The summed E-state index contributed by atoms with van der Waals surface area (Å²) < 4.78 is 4.55. The van der Waals surface area contributed by atoms with E-state index in [2.05, 4.69) is 15.0 Å². The smallest absolute Gasteiger partial charge is 0.307 e. The van der Waals surface area contributed by atoms with E-state index in [0.717, 1.165) is 19.3 Å². The number of rotatable bonds is 5. The maximum atomic E-state index is 12.3. The fraction of sp³-hybridized carbons (Fsp3) is 0.846. The number of aliphatic hydroxyl groups is 1. The third-order valence-corrected chi connectivity index (χ3v) is 4.38. The van der Waals surface area contributed by atoms with Gasteiger partial charge in [-0.2, -0.15) is 0 Å². The molecule has 0 aromatic rings. The topological polar surface area (TPSA) is 78.9 Å². The van der Waals surface area contributed by atoms with Gasteiger partial charge in [-0.1, -0.05) is 0 Å². The van der Waals surface area contributed by atoms with Crippen LogP contribution in [0.15, 0.2) is 0 Å². The van der Waals surface area contributed by atoms with E-state index in [9.17, 15) is 14.7 Å². The SMILES string of the molecule is COC(=O)CC(CO)NC(=O)C1[C@H]2CC[C@H](C2)N1C. The van der Waals surface area contributed by atoms with Gasteiger partial charge in [0.1, 0.15) is 0 Å². The second-order valence-electron chi connectivity index (χ2n) is 5.51. The van der Waals surface area contributed by atoms with Crippen LogP contribution in [0.2, 0.25) is 0 Å². The van der Waals surface area contributed by atoms with Crippen LogP contribution in [-0.2, 0) is 14.3 Å². The minimum absolute atomic E-state index is 0.00324. The number of aliphatic hydroxyl groups excluding tert-OH is 1. The van der Waals surface area contributed by atoms with Gasteiger partial charge in [-0.3, -0.25) is 14.5 Å². The number of esters is 1. The number of nitrogens with zero attached hydrogens (tertiary/aromatic N) is 1. The molecule has 2 rings (SSSR count). The molecule has 0 aromatic heterocycles.